The second-order valence-electron chi connectivity index (χ2n) is 4.51. The molecule has 1 aromatic carbocycles. The molecule has 1 aromatic heterocycles. The van der Waals surface area contributed by atoms with E-state index in [1.54, 1.807) is 35.7 Å². The fourth-order valence-corrected chi connectivity index (χ4v) is 4.05. The van der Waals surface area contributed by atoms with Crippen molar-refractivity contribution < 1.29 is 23.8 Å². The minimum absolute atomic E-state index is 0.462. The molecule has 0 fully saturated rings. The number of hydrogen-bond acceptors (Lipinski definition) is 5. The van der Waals surface area contributed by atoms with Crippen molar-refractivity contribution in [2.45, 2.75) is 5.78 Å². The smallest absolute Gasteiger partial charge is 0.352 e. The standard InChI is InChI=1S/C13H14NO5PS/c15-20(16,17)13(12-2-1-7-21-12)14-9-3-4-10-11(8-9)19-6-5-18-10/h1-4,7-8,13-14H,5-6H2,(H2,15,16,17). The topological polar surface area (TPSA) is 88.0 Å². The van der Waals surface area contributed by atoms with Crippen molar-refractivity contribution in [1.82, 2.24) is 0 Å². The molecule has 2 aromatic rings. The summed E-state index contributed by atoms with van der Waals surface area (Å²) in [5.74, 6) is 0.137. The van der Waals surface area contributed by atoms with Crippen molar-refractivity contribution in [3.8, 4) is 11.5 Å². The van der Waals surface area contributed by atoms with Crippen LogP contribution in [0.4, 0.5) is 5.69 Å². The lowest BCUT2D eigenvalue weighted by Gasteiger charge is -2.22. The van der Waals surface area contributed by atoms with Gasteiger partial charge in [0, 0.05) is 16.6 Å². The first-order valence-electron chi connectivity index (χ1n) is 6.29. The minimum atomic E-state index is -4.33. The van der Waals surface area contributed by atoms with E-state index < -0.39 is 13.4 Å². The van der Waals surface area contributed by atoms with E-state index in [4.69, 9.17) is 9.47 Å². The molecule has 0 aliphatic carbocycles. The number of hydrogen-bond donors (Lipinski definition) is 3. The Morgan fingerprint density at radius 1 is 1.19 bits per heavy atom. The Morgan fingerprint density at radius 3 is 2.62 bits per heavy atom. The van der Waals surface area contributed by atoms with Gasteiger partial charge in [0.2, 0.25) is 0 Å². The maximum absolute atomic E-state index is 11.7. The van der Waals surface area contributed by atoms with Gasteiger partial charge >= 0.3 is 7.60 Å². The van der Waals surface area contributed by atoms with Crippen LogP contribution in [0.25, 0.3) is 0 Å². The van der Waals surface area contributed by atoms with E-state index in [1.165, 1.54) is 11.3 Å². The molecule has 8 heteroatoms. The summed E-state index contributed by atoms with van der Waals surface area (Å²) < 4.78 is 22.6. The van der Waals surface area contributed by atoms with Crippen LogP contribution in [0.5, 0.6) is 11.5 Å². The van der Waals surface area contributed by atoms with E-state index in [-0.39, 0.29) is 0 Å². The van der Waals surface area contributed by atoms with Crippen molar-refractivity contribution >= 4 is 24.6 Å². The van der Waals surface area contributed by atoms with E-state index in [1.807, 2.05) is 0 Å². The maximum atomic E-state index is 11.7. The molecule has 112 valence electrons. The normalized spacial score (nSPS) is 15.5. The molecule has 1 aliphatic heterocycles. The Kier molecular flexibility index (Phi) is 3.91. The highest BCUT2D eigenvalue weighted by Crippen LogP contribution is 2.53. The predicted octanol–water partition coefficient (Wildman–Crippen LogP) is 2.81. The average molecular weight is 327 g/mol. The third-order valence-corrected chi connectivity index (χ3v) is 5.19. The second-order valence-corrected chi connectivity index (χ2v) is 7.18. The third-order valence-electron chi connectivity index (χ3n) is 2.99. The molecule has 0 saturated carbocycles. The minimum Gasteiger partial charge on any atom is -0.486 e. The Morgan fingerprint density at radius 2 is 1.95 bits per heavy atom. The second kappa shape index (κ2) is 5.69. The summed E-state index contributed by atoms with van der Waals surface area (Å²) in [6.07, 6.45) is 0. The monoisotopic (exact) mass is 327 g/mol. The lowest BCUT2D eigenvalue weighted by Crippen LogP contribution is -2.16. The van der Waals surface area contributed by atoms with Crippen LogP contribution in [0.3, 0.4) is 0 Å². The van der Waals surface area contributed by atoms with Crippen LogP contribution in [0.1, 0.15) is 10.7 Å². The lowest BCUT2D eigenvalue weighted by atomic mass is 10.2. The summed E-state index contributed by atoms with van der Waals surface area (Å²) in [6, 6.07) is 8.57. The molecule has 1 unspecified atom stereocenters. The van der Waals surface area contributed by atoms with Gasteiger partial charge < -0.3 is 24.6 Å². The van der Waals surface area contributed by atoms with Gasteiger partial charge in [0.25, 0.3) is 0 Å². The molecule has 6 nitrogen and oxygen atoms in total. The number of benzene rings is 1. The number of rotatable bonds is 4. The molecule has 21 heavy (non-hydrogen) atoms. The molecule has 3 rings (SSSR count). The first-order chi connectivity index (χ1) is 10.0. The van der Waals surface area contributed by atoms with Crippen molar-refractivity contribution in [2.75, 3.05) is 18.5 Å². The van der Waals surface area contributed by atoms with E-state index in [9.17, 15) is 14.4 Å². The first kappa shape index (κ1) is 14.4. The van der Waals surface area contributed by atoms with Crippen LogP contribution in [0.15, 0.2) is 35.7 Å². The van der Waals surface area contributed by atoms with Gasteiger partial charge in [-0.2, -0.15) is 0 Å². The molecule has 0 bridgehead atoms. The van der Waals surface area contributed by atoms with Gasteiger partial charge in [0.05, 0.1) is 0 Å². The van der Waals surface area contributed by atoms with Gasteiger partial charge in [0.15, 0.2) is 17.3 Å². The Labute approximate surface area is 125 Å². The summed E-state index contributed by atoms with van der Waals surface area (Å²) in [7, 11) is -4.33. The third kappa shape index (κ3) is 3.22. The molecule has 0 radical (unpaired) electrons. The van der Waals surface area contributed by atoms with Crippen LogP contribution in [0.2, 0.25) is 0 Å². The Balaban J connectivity index is 1.88. The molecular weight excluding hydrogens is 313 g/mol. The van der Waals surface area contributed by atoms with Gasteiger partial charge in [-0.15, -0.1) is 11.3 Å². The number of thiophene rings is 1. The molecule has 0 amide bonds. The van der Waals surface area contributed by atoms with Gasteiger partial charge in [-0.25, -0.2) is 0 Å². The van der Waals surface area contributed by atoms with Crippen LogP contribution in [0, 0.1) is 0 Å². The molecule has 0 spiro atoms. The SMILES string of the molecule is O=P(O)(O)C(Nc1ccc2c(c1)OCCO2)c1cccs1. The van der Waals surface area contributed by atoms with Gasteiger partial charge in [-0.05, 0) is 23.6 Å². The fourth-order valence-electron chi connectivity index (χ4n) is 2.06. The molecule has 1 atom stereocenters. The summed E-state index contributed by atoms with van der Waals surface area (Å²) >= 11 is 1.30. The fraction of sp³-hybridized carbons (Fsp3) is 0.231. The average Bonchev–Trinajstić information content (AvgIpc) is 2.97. The highest BCUT2D eigenvalue weighted by Gasteiger charge is 2.31. The van der Waals surface area contributed by atoms with Gasteiger partial charge in [0.1, 0.15) is 13.2 Å². The van der Waals surface area contributed by atoms with Crippen LogP contribution in [-0.4, -0.2) is 23.0 Å². The van der Waals surface area contributed by atoms with Crippen molar-refractivity contribution in [1.29, 1.82) is 0 Å². The van der Waals surface area contributed by atoms with Gasteiger partial charge in [-0.3, -0.25) is 4.57 Å². The van der Waals surface area contributed by atoms with Crippen LogP contribution < -0.4 is 14.8 Å². The summed E-state index contributed by atoms with van der Waals surface area (Å²) in [5, 5.41) is 4.66. The lowest BCUT2D eigenvalue weighted by molar-refractivity contribution is 0.171. The van der Waals surface area contributed by atoms with Crippen molar-refractivity contribution in [3.05, 3.63) is 40.6 Å². The molecular formula is C13H14NO5PS. The number of ether oxygens (including phenoxy) is 2. The number of anilines is 1. The van der Waals surface area contributed by atoms with Crippen molar-refractivity contribution in [3.63, 3.8) is 0 Å². The number of nitrogens with one attached hydrogen (secondary N) is 1. The summed E-state index contributed by atoms with van der Waals surface area (Å²) in [6.45, 7) is 0.962. The maximum Gasteiger partial charge on any atom is 0.352 e. The summed E-state index contributed by atoms with van der Waals surface area (Å²) in [5.41, 5.74) is 0.570. The van der Waals surface area contributed by atoms with Crippen LogP contribution in [-0.2, 0) is 4.57 Å². The Bertz CT molecular complexity index is 669. The van der Waals surface area contributed by atoms with E-state index in [2.05, 4.69) is 5.32 Å². The zero-order valence-electron chi connectivity index (χ0n) is 10.9. The van der Waals surface area contributed by atoms with Gasteiger partial charge in [-0.1, -0.05) is 6.07 Å². The van der Waals surface area contributed by atoms with E-state index in [0.29, 0.717) is 35.3 Å². The van der Waals surface area contributed by atoms with E-state index in [0.717, 1.165) is 0 Å². The van der Waals surface area contributed by atoms with Crippen molar-refractivity contribution in [2.24, 2.45) is 0 Å². The largest absolute Gasteiger partial charge is 0.486 e. The highest BCUT2D eigenvalue weighted by atomic mass is 32.1. The predicted molar refractivity (Wildman–Crippen MR) is 80.2 cm³/mol. The molecule has 2 heterocycles. The molecule has 1 aliphatic rings. The number of fused-ring (bicyclic) bond motifs is 1. The molecule has 3 N–H and O–H groups in total. The van der Waals surface area contributed by atoms with Crippen LogP contribution >= 0.6 is 18.9 Å². The zero-order chi connectivity index (χ0) is 14.9. The van der Waals surface area contributed by atoms with E-state index >= 15 is 0 Å². The first-order valence-corrected chi connectivity index (χ1v) is 8.85. The molecule has 0 saturated heterocycles. The zero-order valence-corrected chi connectivity index (χ0v) is 12.6. The highest BCUT2D eigenvalue weighted by molar-refractivity contribution is 7.52. The summed E-state index contributed by atoms with van der Waals surface area (Å²) in [4.78, 5) is 19.7. The quantitative estimate of drug-likeness (QED) is 0.749. The Hall–Kier alpha value is -1.53.